The maximum absolute atomic E-state index is 13.6. The number of halogens is 1. The van der Waals surface area contributed by atoms with E-state index in [1.165, 1.54) is 6.07 Å². The molecule has 8 heteroatoms. The largest absolute Gasteiger partial charge is 0.498 e. The van der Waals surface area contributed by atoms with Gasteiger partial charge in [-0.1, -0.05) is 24.3 Å². The first-order valence-corrected chi connectivity index (χ1v) is 13.6. The van der Waals surface area contributed by atoms with Crippen LogP contribution in [0.1, 0.15) is 57.6 Å². The van der Waals surface area contributed by atoms with E-state index in [9.17, 15) is 19.1 Å². The molecule has 0 saturated carbocycles. The van der Waals surface area contributed by atoms with Crippen LogP contribution < -0.4 is 10.0 Å². The molecule has 1 unspecified atom stereocenters. The highest BCUT2D eigenvalue weighted by atomic mass is 19.1. The third-order valence-corrected chi connectivity index (χ3v) is 8.67. The van der Waals surface area contributed by atoms with Gasteiger partial charge in [0.1, 0.15) is 11.9 Å². The minimum atomic E-state index is -1.00. The Kier molecular flexibility index (Phi) is 8.14. The summed E-state index contributed by atoms with van der Waals surface area (Å²) in [5, 5.41) is 12.2. The maximum Gasteiger partial charge on any atom is 0.324 e. The van der Waals surface area contributed by atoms with Crippen molar-refractivity contribution in [2.45, 2.75) is 64.6 Å². The van der Waals surface area contributed by atoms with E-state index >= 15 is 0 Å². The van der Waals surface area contributed by atoms with Crippen molar-refractivity contribution in [1.82, 2.24) is 9.80 Å². The summed E-state index contributed by atoms with van der Waals surface area (Å²) in [4.78, 5) is 31.2. The van der Waals surface area contributed by atoms with Crippen LogP contribution in [0.15, 0.2) is 48.5 Å². The molecule has 0 bridgehead atoms. The second-order valence-electron chi connectivity index (χ2n) is 11.9. The summed E-state index contributed by atoms with van der Waals surface area (Å²) in [5.41, 5.74) is 2.53. The van der Waals surface area contributed by atoms with Crippen molar-refractivity contribution < 1.29 is 23.6 Å². The number of hydrogen-bond acceptors (Lipinski definition) is 4. The molecule has 2 heterocycles. The number of nitrogens with zero attached hydrogens (tertiary/aromatic N) is 4. The van der Waals surface area contributed by atoms with E-state index in [4.69, 9.17) is 0 Å². The molecule has 4 rings (SSSR count). The van der Waals surface area contributed by atoms with Gasteiger partial charge < -0.3 is 14.8 Å². The number of hydrogen-bond donors (Lipinski definition) is 0. The molecule has 206 valence electrons. The van der Waals surface area contributed by atoms with Crippen LogP contribution in [0.3, 0.4) is 0 Å². The summed E-state index contributed by atoms with van der Waals surface area (Å²) < 4.78 is 13.6. The lowest BCUT2D eigenvalue weighted by Crippen LogP contribution is -2.76. The zero-order valence-electron chi connectivity index (χ0n) is 23.3. The Labute approximate surface area is 226 Å². The molecule has 7 nitrogen and oxygen atoms in total. The summed E-state index contributed by atoms with van der Waals surface area (Å²) in [7, 11) is 1.80. The number of urea groups is 1. The number of amides is 3. The standard InChI is InChI=1S/C30H41FN4O3/c1-22-20-33(17-18-35(22,29(37)38)30(2,3)4)21-23-9-11-27(12-10-23)32(5)28(36)34-15-13-24(14-16-34)25-7-6-8-26(31)19-25/h6-12,19,22,24H,13-18,20-21H2,1-5H3/t22-,35?/m0/s1. The lowest BCUT2D eigenvalue weighted by Gasteiger charge is -2.55. The van der Waals surface area contributed by atoms with Gasteiger partial charge in [-0.05, 0) is 81.8 Å². The van der Waals surface area contributed by atoms with E-state index in [0.29, 0.717) is 32.7 Å². The van der Waals surface area contributed by atoms with Crippen molar-refractivity contribution in [1.29, 1.82) is 0 Å². The van der Waals surface area contributed by atoms with Crippen molar-refractivity contribution in [2.24, 2.45) is 0 Å². The van der Waals surface area contributed by atoms with Gasteiger partial charge in [-0.25, -0.2) is 9.18 Å². The van der Waals surface area contributed by atoms with E-state index in [1.54, 1.807) is 24.1 Å². The molecule has 2 saturated heterocycles. The molecule has 2 fully saturated rings. The van der Waals surface area contributed by atoms with Gasteiger partial charge >= 0.3 is 6.03 Å². The molecular weight excluding hydrogens is 483 g/mol. The highest BCUT2D eigenvalue weighted by Crippen LogP contribution is 2.32. The van der Waals surface area contributed by atoms with Gasteiger partial charge in [-0.15, -0.1) is 0 Å². The molecule has 0 N–H and O–H groups in total. The third-order valence-electron chi connectivity index (χ3n) is 8.67. The number of carbonyl (C=O) groups is 2. The number of benzene rings is 2. The van der Waals surface area contributed by atoms with E-state index in [0.717, 1.165) is 36.2 Å². The molecule has 38 heavy (non-hydrogen) atoms. The molecule has 0 radical (unpaired) electrons. The molecular formula is C30H41FN4O3. The minimum Gasteiger partial charge on any atom is -0.498 e. The summed E-state index contributed by atoms with van der Waals surface area (Å²) in [6.07, 6.45) is 0.646. The monoisotopic (exact) mass is 524 g/mol. The quantitative estimate of drug-likeness (QED) is 0.556. The maximum atomic E-state index is 13.6. The average molecular weight is 525 g/mol. The number of quaternary nitrogens is 1. The Bertz CT molecular complexity index is 1140. The van der Waals surface area contributed by atoms with Crippen LogP contribution in [-0.4, -0.2) is 77.8 Å². The van der Waals surface area contributed by atoms with Crippen LogP contribution in [0, 0.1) is 5.82 Å². The topological polar surface area (TPSA) is 66.9 Å². The Balaban J connectivity index is 1.32. The number of likely N-dealkylation sites (tertiary alicyclic amines) is 1. The van der Waals surface area contributed by atoms with E-state index < -0.39 is 11.6 Å². The van der Waals surface area contributed by atoms with Crippen LogP contribution in [-0.2, 0) is 6.54 Å². The fourth-order valence-electron chi connectivity index (χ4n) is 6.38. The highest BCUT2D eigenvalue weighted by Gasteiger charge is 2.49. The zero-order valence-corrected chi connectivity index (χ0v) is 23.3. The van der Waals surface area contributed by atoms with E-state index in [1.807, 2.05) is 62.9 Å². The lowest BCUT2D eigenvalue weighted by molar-refractivity contribution is -0.943. The van der Waals surface area contributed by atoms with Gasteiger partial charge in [-0.3, -0.25) is 14.3 Å². The third kappa shape index (κ3) is 5.57. The first-order chi connectivity index (χ1) is 17.9. The number of carboxylic acid groups (broad SMARTS) is 1. The van der Waals surface area contributed by atoms with Gasteiger partial charge in [0.25, 0.3) is 6.09 Å². The van der Waals surface area contributed by atoms with Gasteiger partial charge in [0.05, 0.1) is 18.6 Å². The zero-order chi connectivity index (χ0) is 27.7. The Morgan fingerprint density at radius 2 is 1.74 bits per heavy atom. The minimum absolute atomic E-state index is 0.0288. The van der Waals surface area contributed by atoms with Crippen molar-refractivity contribution in [3.63, 3.8) is 0 Å². The Morgan fingerprint density at radius 1 is 1.08 bits per heavy atom. The van der Waals surface area contributed by atoms with Crippen molar-refractivity contribution in [3.05, 3.63) is 65.5 Å². The fraction of sp³-hybridized carbons (Fsp3) is 0.533. The second-order valence-corrected chi connectivity index (χ2v) is 11.9. The molecule has 0 spiro atoms. The van der Waals surface area contributed by atoms with Crippen LogP contribution in [0.4, 0.5) is 19.7 Å². The highest BCUT2D eigenvalue weighted by molar-refractivity contribution is 5.91. The Hall–Kier alpha value is -2.97. The van der Waals surface area contributed by atoms with Crippen LogP contribution in [0.2, 0.25) is 0 Å². The molecule has 2 aromatic carbocycles. The molecule has 2 aliphatic rings. The van der Waals surface area contributed by atoms with Gasteiger partial charge in [0.15, 0.2) is 0 Å². The van der Waals surface area contributed by atoms with Crippen molar-refractivity contribution in [2.75, 3.05) is 44.7 Å². The molecule has 2 aliphatic heterocycles. The van der Waals surface area contributed by atoms with E-state index in [2.05, 4.69) is 4.90 Å². The van der Waals surface area contributed by atoms with Crippen LogP contribution in [0.25, 0.3) is 0 Å². The van der Waals surface area contributed by atoms with Crippen molar-refractivity contribution in [3.8, 4) is 0 Å². The van der Waals surface area contributed by atoms with Crippen molar-refractivity contribution >= 4 is 17.8 Å². The molecule has 0 aromatic heterocycles. The molecule has 2 aromatic rings. The number of anilines is 1. The predicted octanol–water partition coefficient (Wildman–Crippen LogP) is 4.42. The number of rotatable bonds is 4. The number of carbonyl (C=O) groups excluding carboxylic acids is 2. The van der Waals surface area contributed by atoms with E-state index in [-0.39, 0.29) is 28.3 Å². The predicted molar refractivity (Wildman–Crippen MR) is 145 cm³/mol. The molecule has 3 amide bonds. The van der Waals surface area contributed by atoms with Gasteiger partial charge in [-0.2, -0.15) is 0 Å². The number of piperidine rings is 1. The second kappa shape index (κ2) is 11.0. The summed E-state index contributed by atoms with van der Waals surface area (Å²) >= 11 is 0. The van der Waals surface area contributed by atoms with Gasteiger partial charge in [0, 0.05) is 38.9 Å². The molecule has 2 atom stereocenters. The first kappa shape index (κ1) is 28.0. The van der Waals surface area contributed by atoms with Gasteiger partial charge in [0.2, 0.25) is 0 Å². The summed E-state index contributed by atoms with van der Waals surface area (Å²) in [5.74, 6) is 0.0599. The Morgan fingerprint density at radius 3 is 2.29 bits per heavy atom. The van der Waals surface area contributed by atoms with Crippen LogP contribution >= 0.6 is 0 Å². The SMILES string of the molecule is C[C@H]1CN(Cc2ccc(N(C)C(=O)N3CCC(c4cccc(F)c4)CC3)cc2)CC[N+]1(C(=O)[O-])C(C)(C)C. The smallest absolute Gasteiger partial charge is 0.324 e. The number of piperazine rings is 1. The first-order valence-electron chi connectivity index (χ1n) is 13.6. The normalized spacial score (nSPS) is 23.3. The summed E-state index contributed by atoms with van der Waals surface area (Å²) in [6.45, 7) is 11.8. The lowest BCUT2D eigenvalue weighted by atomic mass is 9.89. The average Bonchev–Trinajstić information content (AvgIpc) is 2.87. The summed E-state index contributed by atoms with van der Waals surface area (Å²) in [6, 6.07) is 14.7. The fourth-order valence-corrected chi connectivity index (χ4v) is 6.38. The molecule has 0 aliphatic carbocycles. The van der Waals surface area contributed by atoms with Crippen LogP contribution in [0.5, 0.6) is 0 Å².